The first-order valence-corrected chi connectivity index (χ1v) is 3.52. The van der Waals surface area contributed by atoms with Crippen molar-refractivity contribution in [2.45, 2.75) is 0 Å². The van der Waals surface area contributed by atoms with E-state index in [2.05, 4.69) is 0 Å². The molecule has 1 rings (SSSR count). The third-order valence-electron chi connectivity index (χ3n) is 1.52. The molecule has 1 aromatic carbocycles. The van der Waals surface area contributed by atoms with E-state index < -0.39 is 0 Å². The van der Waals surface area contributed by atoms with Crippen LogP contribution in [0, 0.1) is 28.1 Å². The Morgan fingerprint density at radius 1 is 1.31 bits per heavy atom. The van der Waals surface area contributed by atoms with E-state index in [1.807, 2.05) is 18.0 Å². The molecule has 1 N–H and O–H groups in total. The Kier molecular flexibility index (Phi) is 2.61. The average molecular weight is 167 g/mol. The molecule has 0 amide bonds. The van der Waals surface area contributed by atoms with Gasteiger partial charge in [-0.25, -0.2) is 0 Å². The average Bonchev–Trinajstić information content (AvgIpc) is 2.20. The lowest BCUT2D eigenvalue weighted by atomic mass is 10.1. The van der Waals surface area contributed by atoms with Crippen LogP contribution < -0.4 is 0 Å². The molecule has 0 radical (unpaired) electrons. The standard InChI is InChI=1S/C10H5N3/c11-5-8-2-1-3-9(4-8)10(6-12)7-13/h1-4,12H. The van der Waals surface area contributed by atoms with Crippen molar-refractivity contribution in [3.05, 3.63) is 35.4 Å². The van der Waals surface area contributed by atoms with E-state index in [4.69, 9.17) is 15.9 Å². The Morgan fingerprint density at radius 2 is 2.08 bits per heavy atom. The van der Waals surface area contributed by atoms with Crippen LogP contribution in [-0.2, 0) is 0 Å². The lowest BCUT2D eigenvalue weighted by Gasteiger charge is -1.94. The molecule has 0 aromatic heterocycles. The number of benzene rings is 1. The zero-order chi connectivity index (χ0) is 9.68. The van der Waals surface area contributed by atoms with Gasteiger partial charge in [-0.3, -0.25) is 5.41 Å². The summed E-state index contributed by atoms with van der Waals surface area (Å²) in [5.41, 5.74) is 1.16. The smallest absolute Gasteiger partial charge is 0.120 e. The molecule has 13 heavy (non-hydrogen) atoms. The first kappa shape index (κ1) is 8.74. The summed E-state index contributed by atoms with van der Waals surface area (Å²) in [6.45, 7) is 0. The highest BCUT2D eigenvalue weighted by molar-refractivity contribution is 5.96. The van der Waals surface area contributed by atoms with Crippen LogP contribution in [0.2, 0.25) is 0 Å². The Bertz CT molecular complexity index is 454. The molecule has 0 spiro atoms. The van der Waals surface area contributed by atoms with Crippen molar-refractivity contribution < 1.29 is 0 Å². The van der Waals surface area contributed by atoms with Gasteiger partial charge >= 0.3 is 0 Å². The molecule has 3 nitrogen and oxygen atoms in total. The molecule has 0 saturated carbocycles. The fourth-order valence-electron chi connectivity index (χ4n) is 0.909. The molecule has 0 unspecified atom stereocenters. The molecule has 0 atom stereocenters. The van der Waals surface area contributed by atoms with Gasteiger partial charge in [0.25, 0.3) is 0 Å². The Balaban J connectivity index is 3.27. The molecular weight excluding hydrogens is 162 g/mol. The molecule has 0 aliphatic heterocycles. The van der Waals surface area contributed by atoms with Crippen LogP contribution in [0.15, 0.2) is 24.3 Å². The molecule has 0 saturated heterocycles. The molecule has 0 fully saturated rings. The third-order valence-corrected chi connectivity index (χ3v) is 1.52. The second-order valence-corrected chi connectivity index (χ2v) is 2.30. The Hall–Kier alpha value is -2.35. The maximum absolute atomic E-state index is 8.59. The zero-order valence-electron chi connectivity index (χ0n) is 6.70. The van der Waals surface area contributed by atoms with Crippen molar-refractivity contribution in [2.75, 3.05) is 0 Å². The molecule has 1 aromatic rings. The van der Waals surface area contributed by atoms with Gasteiger partial charge in [0, 0.05) is 5.56 Å². The molecule has 0 aliphatic rings. The topological polar surface area (TPSA) is 71.4 Å². The number of hydrogen-bond acceptors (Lipinski definition) is 3. The SMILES string of the molecule is N#CC(=C=N)c1cccc(C#N)c1. The van der Waals surface area contributed by atoms with Gasteiger partial charge in [-0.15, -0.1) is 0 Å². The van der Waals surface area contributed by atoms with Crippen LogP contribution in [0.1, 0.15) is 11.1 Å². The van der Waals surface area contributed by atoms with E-state index in [0.29, 0.717) is 11.1 Å². The Morgan fingerprint density at radius 3 is 2.62 bits per heavy atom. The minimum absolute atomic E-state index is 0.136. The molecule has 60 valence electrons. The van der Waals surface area contributed by atoms with E-state index in [1.165, 1.54) is 0 Å². The quantitative estimate of drug-likeness (QED) is 0.510. The van der Waals surface area contributed by atoms with Gasteiger partial charge < -0.3 is 0 Å². The van der Waals surface area contributed by atoms with Crippen LogP contribution in [0.5, 0.6) is 0 Å². The van der Waals surface area contributed by atoms with Gasteiger partial charge in [0.1, 0.15) is 11.6 Å². The summed E-state index contributed by atoms with van der Waals surface area (Å²) in [4.78, 5) is 0. The molecule has 3 heteroatoms. The van der Waals surface area contributed by atoms with Gasteiger partial charge in [0.2, 0.25) is 0 Å². The predicted molar refractivity (Wildman–Crippen MR) is 47.9 cm³/mol. The van der Waals surface area contributed by atoms with Crippen LogP contribution >= 0.6 is 0 Å². The van der Waals surface area contributed by atoms with Crippen LogP contribution in [-0.4, -0.2) is 5.87 Å². The maximum Gasteiger partial charge on any atom is 0.120 e. The fraction of sp³-hybridized carbons (Fsp3) is 0. The van der Waals surface area contributed by atoms with Crippen molar-refractivity contribution in [1.29, 1.82) is 15.9 Å². The third kappa shape index (κ3) is 1.81. The van der Waals surface area contributed by atoms with Gasteiger partial charge in [0.15, 0.2) is 0 Å². The number of allylic oxidation sites excluding steroid dienone is 1. The number of hydrogen-bond donors (Lipinski definition) is 1. The van der Waals surface area contributed by atoms with Crippen molar-refractivity contribution >= 4 is 11.4 Å². The lowest BCUT2D eigenvalue weighted by Crippen LogP contribution is -1.83. The zero-order valence-corrected chi connectivity index (χ0v) is 6.70. The number of nitriles is 2. The highest BCUT2D eigenvalue weighted by Crippen LogP contribution is 2.11. The molecule has 0 heterocycles. The highest BCUT2D eigenvalue weighted by atomic mass is 14.3. The number of nitrogens with one attached hydrogen (secondary N) is 1. The van der Waals surface area contributed by atoms with E-state index in [-0.39, 0.29) is 5.57 Å². The van der Waals surface area contributed by atoms with Gasteiger partial charge in [-0.2, -0.15) is 10.5 Å². The second kappa shape index (κ2) is 3.88. The summed E-state index contributed by atoms with van der Waals surface area (Å²) in [6, 6.07) is 10.3. The van der Waals surface area contributed by atoms with Gasteiger partial charge in [0.05, 0.1) is 11.6 Å². The number of rotatable bonds is 1. The largest absolute Gasteiger partial charge is 0.258 e. The van der Waals surface area contributed by atoms with E-state index in [1.54, 1.807) is 24.3 Å². The summed E-state index contributed by atoms with van der Waals surface area (Å²) in [6.07, 6.45) is 0. The highest BCUT2D eigenvalue weighted by Gasteiger charge is 2.00. The lowest BCUT2D eigenvalue weighted by molar-refractivity contribution is 1.47. The second-order valence-electron chi connectivity index (χ2n) is 2.30. The summed E-state index contributed by atoms with van der Waals surface area (Å²) in [5.74, 6) is 2.02. The van der Waals surface area contributed by atoms with Gasteiger partial charge in [-0.1, -0.05) is 12.1 Å². The van der Waals surface area contributed by atoms with Crippen molar-refractivity contribution in [2.24, 2.45) is 0 Å². The molecular formula is C10H5N3. The van der Waals surface area contributed by atoms with Crippen LogP contribution in [0.4, 0.5) is 0 Å². The minimum Gasteiger partial charge on any atom is -0.258 e. The molecule has 0 bridgehead atoms. The van der Waals surface area contributed by atoms with E-state index in [9.17, 15) is 0 Å². The van der Waals surface area contributed by atoms with Crippen molar-refractivity contribution in [3.8, 4) is 12.1 Å². The monoisotopic (exact) mass is 167 g/mol. The number of nitrogens with zero attached hydrogens (tertiary/aromatic N) is 2. The van der Waals surface area contributed by atoms with E-state index >= 15 is 0 Å². The first-order chi connectivity index (χ1) is 6.31. The minimum atomic E-state index is 0.136. The molecule has 0 aliphatic carbocycles. The first-order valence-electron chi connectivity index (χ1n) is 3.52. The summed E-state index contributed by atoms with van der Waals surface area (Å²) in [5, 5.41) is 24.0. The maximum atomic E-state index is 8.59. The summed E-state index contributed by atoms with van der Waals surface area (Å²) < 4.78 is 0. The predicted octanol–water partition coefficient (Wildman–Crippen LogP) is 1.71. The summed E-state index contributed by atoms with van der Waals surface area (Å²) in [7, 11) is 0. The summed E-state index contributed by atoms with van der Waals surface area (Å²) >= 11 is 0. The fourth-order valence-corrected chi connectivity index (χ4v) is 0.909. The van der Waals surface area contributed by atoms with E-state index in [0.717, 1.165) is 0 Å². The van der Waals surface area contributed by atoms with Crippen molar-refractivity contribution in [1.82, 2.24) is 0 Å². The van der Waals surface area contributed by atoms with Crippen molar-refractivity contribution in [3.63, 3.8) is 0 Å². The Labute approximate surface area is 75.7 Å². The normalized spacial score (nSPS) is 7.85. The van der Waals surface area contributed by atoms with Crippen LogP contribution in [0.25, 0.3) is 5.57 Å². The van der Waals surface area contributed by atoms with Gasteiger partial charge in [-0.05, 0) is 18.0 Å². The van der Waals surface area contributed by atoms with Crippen LogP contribution in [0.3, 0.4) is 0 Å².